The Labute approximate surface area is 101 Å². The molecule has 1 N–H and O–H groups in total. The first-order chi connectivity index (χ1) is 8.18. The van der Waals surface area contributed by atoms with E-state index in [4.69, 9.17) is 5.11 Å². The summed E-state index contributed by atoms with van der Waals surface area (Å²) < 4.78 is 0. The van der Waals surface area contributed by atoms with Crippen LogP contribution in [0.15, 0.2) is 36.5 Å². The minimum absolute atomic E-state index is 0.353. The Morgan fingerprint density at radius 1 is 1.41 bits per heavy atom. The maximum atomic E-state index is 11.1. The molecule has 1 aromatic rings. The number of benzene rings is 1. The number of aliphatic carboxylic acids is 1. The maximum absolute atomic E-state index is 11.1. The fourth-order valence-electron chi connectivity index (χ4n) is 2.23. The van der Waals surface area contributed by atoms with Gasteiger partial charge < -0.3 is 10.0 Å². The molecule has 1 aliphatic rings. The number of rotatable bonds is 3. The van der Waals surface area contributed by atoms with Crippen LogP contribution in [0.4, 0.5) is 0 Å². The summed E-state index contributed by atoms with van der Waals surface area (Å²) in [4.78, 5) is 13.0. The van der Waals surface area contributed by atoms with Crippen LogP contribution >= 0.6 is 0 Å². The third-order valence-electron chi connectivity index (χ3n) is 3.17. The molecule has 1 saturated heterocycles. The lowest BCUT2D eigenvalue weighted by Crippen LogP contribution is -2.31. The summed E-state index contributed by atoms with van der Waals surface area (Å²) in [6.07, 6.45) is 3.67. The van der Waals surface area contributed by atoms with Crippen LogP contribution in [-0.4, -0.2) is 28.6 Å². The molecular formula is C14H17NO2. The van der Waals surface area contributed by atoms with Gasteiger partial charge in [0, 0.05) is 12.7 Å². The molecule has 0 aliphatic carbocycles. The fraction of sp³-hybridized carbons (Fsp3) is 0.357. The van der Waals surface area contributed by atoms with Gasteiger partial charge in [0.1, 0.15) is 6.04 Å². The van der Waals surface area contributed by atoms with Crippen LogP contribution < -0.4 is 0 Å². The lowest BCUT2D eigenvalue weighted by atomic mass is 10.1. The van der Waals surface area contributed by atoms with Crippen molar-refractivity contribution in [1.82, 2.24) is 4.90 Å². The molecule has 90 valence electrons. The van der Waals surface area contributed by atoms with Gasteiger partial charge in [-0.25, -0.2) is 4.79 Å². The molecule has 0 radical (unpaired) electrons. The Bertz CT molecular complexity index is 425. The highest BCUT2D eigenvalue weighted by molar-refractivity contribution is 5.74. The van der Waals surface area contributed by atoms with Gasteiger partial charge in [-0.2, -0.15) is 0 Å². The number of likely N-dealkylation sites (tertiary alicyclic amines) is 1. The summed E-state index contributed by atoms with van der Waals surface area (Å²) in [5, 5.41) is 9.10. The number of hydrogen-bond acceptors (Lipinski definition) is 2. The quantitative estimate of drug-likeness (QED) is 0.869. The van der Waals surface area contributed by atoms with E-state index in [-0.39, 0.29) is 6.04 Å². The normalized spacial score (nSPS) is 20.6. The van der Waals surface area contributed by atoms with Crippen molar-refractivity contribution in [3.05, 3.63) is 42.1 Å². The molecule has 3 heteroatoms. The zero-order chi connectivity index (χ0) is 12.3. The summed E-state index contributed by atoms with van der Waals surface area (Å²) in [7, 11) is 0. The third-order valence-corrected chi connectivity index (χ3v) is 3.17. The highest BCUT2D eigenvalue weighted by Gasteiger charge is 2.28. The van der Waals surface area contributed by atoms with Gasteiger partial charge in [0.15, 0.2) is 0 Å². The summed E-state index contributed by atoms with van der Waals surface area (Å²) in [6.45, 7) is 2.85. The third kappa shape index (κ3) is 2.67. The second-order valence-electron chi connectivity index (χ2n) is 4.41. The second kappa shape index (κ2) is 5.04. The standard InChI is InChI=1S/C14H17NO2/c1-11(12-6-3-2-4-7-12)10-15-9-5-8-13(15)14(16)17/h2-4,6-7,10,13H,5,8-9H2,1H3,(H,16,17)/b11-10-/t13-/m0/s1. The molecule has 0 aromatic heterocycles. The van der Waals surface area contributed by atoms with Crippen LogP contribution in [0.5, 0.6) is 0 Å². The van der Waals surface area contributed by atoms with Crippen molar-refractivity contribution in [3.63, 3.8) is 0 Å². The van der Waals surface area contributed by atoms with Crippen molar-refractivity contribution < 1.29 is 9.90 Å². The summed E-state index contributed by atoms with van der Waals surface area (Å²) in [5.41, 5.74) is 2.25. The SMILES string of the molecule is C/C(=C/N1CCC[C@H]1C(=O)O)c1ccccc1. The van der Waals surface area contributed by atoms with E-state index in [0.717, 1.165) is 30.5 Å². The molecule has 0 saturated carbocycles. The minimum Gasteiger partial charge on any atom is -0.480 e. The van der Waals surface area contributed by atoms with Gasteiger partial charge >= 0.3 is 5.97 Å². The summed E-state index contributed by atoms with van der Waals surface area (Å²) in [6, 6.07) is 9.69. The van der Waals surface area contributed by atoms with E-state index >= 15 is 0 Å². The van der Waals surface area contributed by atoms with Crippen molar-refractivity contribution >= 4 is 11.5 Å². The Balaban J connectivity index is 2.16. The molecule has 1 atom stereocenters. The van der Waals surface area contributed by atoms with E-state index in [0.29, 0.717) is 0 Å². The first-order valence-electron chi connectivity index (χ1n) is 5.91. The minimum atomic E-state index is -0.723. The molecule has 0 spiro atoms. The van der Waals surface area contributed by atoms with Gasteiger partial charge in [-0.1, -0.05) is 30.3 Å². The number of carbonyl (C=O) groups is 1. The first-order valence-corrected chi connectivity index (χ1v) is 5.91. The summed E-state index contributed by atoms with van der Waals surface area (Å²) in [5.74, 6) is -0.723. The van der Waals surface area contributed by atoms with E-state index in [9.17, 15) is 4.79 Å². The van der Waals surface area contributed by atoms with Crippen molar-refractivity contribution in [2.24, 2.45) is 0 Å². The molecule has 3 nitrogen and oxygen atoms in total. The summed E-state index contributed by atoms with van der Waals surface area (Å²) >= 11 is 0. The lowest BCUT2D eigenvalue weighted by molar-refractivity contribution is -0.141. The van der Waals surface area contributed by atoms with Gasteiger partial charge in [-0.3, -0.25) is 0 Å². The molecule has 0 unspecified atom stereocenters. The highest BCUT2D eigenvalue weighted by atomic mass is 16.4. The number of allylic oxidation sites excluding steroid dienone is 1. The largest absolute Gasteiger partial charge is 0.480 e. The van der Waals surface area contributed by atoms with Gasteiger partial charge in [0.05, 0.1) is 0 Å². The molecular weight excluding hydrogens is 214 g/mol. The van der Waals surface area contributed by atoms with Gasteiger partial charge in [0.25, 0.3) is 0 Å². The zero-order valence-corrected chi connectivity index (χ0v) is 9.97. The lowest BCUT2D eigenvalue weighted by Gasteiger charge is -2.20. The van der Waals surface area contributed by atoms with Gasteiger partial charge in [-0.15, -0.1) is 0 Å². The molecule has 1 fully saturated rings. The average molecular weight is 231 g/mol. The molecule has 0 amide bonds. The molecule has 1 aliphatic heterocycles. The van der Waals surface area contributed by atoms with Crippen molar-refractivity contribution in [2.45, 2.75) is 25.8 Å². The Morgan fingerprint density at radius 3 is 2.76 bits per heavy atom. The zero-order valence-electron chi connectivity index (χ0n) is 9.97. The van der Waals surface area contributed by atoms with Crippen LogP contribution in [0.1, 0.15) is 25.3 Å². The van der Waals surface area contributed by atoms with Gasteiger partial charge in [-0.05, 0) is 30.9 Å². The highest BCUT2D eigenvalue weighted by Crippen LogP contribution is 2.21. The van der Waals surface area contributed by atoms with Crippen LogP contribution in [-0.2, 0) is 4.79 Å². The van der Waals surface area contributed by atoms with E-state index in [1.165, 1.54) is 0 Å². The van der Waals surface area contributed by atoms with E-state index in [2.05, 4.69) is 0 Å². The van der Waals surface area contributed by atoms with Crippen molar-refractivity contribution in [3.8, 4) is 0 Å². The topological polar surface area (TPSA) is 40.5 Å². The van der Waals surface area contributed by atoms with Gasteiger partial charge in [0.2, 0.25) is 0 Å². The van der Waals surface area contributed by atoms with Crippen molar-refractivity contribution in [2.75, 3.05) is 6.54 Å². The van der Waals surface area contributed by atoms with E-state index in [1.807, 2.05) is 48.4 Å². The maximum Gasteiger partial charge on any atom is 0.326 e. The first kappa shape index (κ1) is 11.7. The van der Waals surface area contributed by atoms with Crippen LogP contribution in [0.2, 0.25) is 0 Å². The molecule has 17 heavy (non-hydrogen) atoms. The monoisotopic (exact) mass is 231 g/mol. The predicted molar refractivity (Wildman–Crippen MR) is 67.5 cm³/mol. The molecule has 2 rings (SSSR count). The predicted octanol–water partition coefficient (Wildman–Crippen LogP) is 2.60. The number of carboxylic acids is 1. The smallest absolute Gasteiger partial charge is 0.326 e. The Hall–Kier alpha value is -1.77. The fourth-order valence-corrected chi connectivity index (χ4v) is 2.23. The van der Waals surface area contributed by atoms with Crippen LogP contribution in [0, 0.1) is 0 Å². The second-order valence-corrected chi connectivity index (χ2v) is 4.41. The van der Waals surface area contributed by atoms with Crippen LogP contribution in [0.3, 0.4) is 0 Å². The van der Waals surface area contributed by atoms with E-state index in [1.54, 1.807) is 0 Å². The van der Waals surface area contributed by atoms with E-state index < -0.39 is 5.97 Å². The number of hydrogen-bond donors (Lipinski definition) is 1. The number of nitrogens with zero attached hydrogens (tertiary/aromatic N) is 1. The average Bonchev–Trinajstić information content (AvgIpc) is 2.78. The molecule has 1 heterocycles. The Morgan fingerprint density at radius 2 is 2.12 bits per heavy atom. The van der Waals surface area contributed by atoms with Crippen LogP contribution in [0.25, 0.3) is 5.57 Å². The molecule has 0 bridgehead atoms. The molecule has 1 aromatic carbocycles. The Kier molecular flexibility index (Phi) is 3.47. The van der Waals surface area contributed by atoms with Crippen molar-refractivity contribution in [1.29, 1.82) is 0 Å². The number of carboxylic acid groups (broad SMARTS) is 1.